The van der Waals surface area contributed by atoms with Crippen molar-refractivity contribution < 1.29 is 13.5 Å². The van der Waals surface area contributed by atoms with Crippen molar-refractivity contribution in [3.05, 3.63) is 40.7 Å². The number of aromatic nitrogens is 3. The minimum atomic E-state index is -0.603. The highest BCUT2D eigenvalue weighted by atomic mass is 32.1. The van der Waals surface area contributed by atoms with E-state index in [4.69, 9.17) is 10.5 Å². The molecule has 1 saturated carbocycles. The lowest BCUT2D eigenvalue weighted by atomic mass is 9.82. The van der Waals surface area contributed by atoms with E-state index in [1.807, 2.05) is 6.07 Å². The fourth-order valence-electron chi connectivity index (χ4n) is 6.00. The van der Waals surface area contributed by atoms with Gasteiger partial charge in [-0.3, -0.25) is 4.98 Å². The van der Waals surface area contributed by atoms with Gasteiger partial charge in [0.15, 0.2) is 11.6 Å². The van der Waals surface area contributed by atoms with Crippen molar-refractivity contribution in [1.82, 2.24) is 15.0 Å². The zero-order valence-corrected chi connectivity index (χ0v) is 23.6. The van der Waals surface area contributed by atoms with Crippen LogP contribution in [0.15, 0.2) is 12.4 Å². The van der Waals surface area contributed by atoms with E-state index in [0.29, 0.717) is 22.8 Å². The summed E-state index contributed by atoms with van der Waals surface area (Å²) in [5.41, 5.74) is 7.98. The van der Waals surface area contributed by atoms with Gasteiger partial charge in [-0.15, -0.1) is 11.3 Å². The Morgan fingerprint density at radius 3 is 2.62 bits per heavy atom. The van der Waals surface area contributed by atoms with Gasteiger partial charge in [0.05, 0.1) is 35.4 Å². The molecule has 40 heavy (non-hydrogen) atoms. The largest absolute Gasteiger partial charge is 0.389 e. The number of nitrogen functional groups attached to an aromatic ring is 1. The lowest BCUT2D eigenvalue weighted by Crippen LogP contribution is -2.21. The van der Waals surface area contributed by atoms with E-state index in [1.165, 1.54) is 32.1 Å². The van der Waals surface area contributed by atoms with E-state index >= 15 is 4.39 Å². The fraction of sp³-hybridized carbons (Fsp3) is 0.467. The lowest BCUT2D eigenvalue weighted by molar-refractivity contribution is 0.135. The van der Waals surface area contributed by atoms with Crippen LogP contribution < -0.4 is 10.6 Å². The van der Waals surface area contributed by atoms with Crippen LogP contribution in [0.1, 0.15) is 69.1 Å². The quantitative estimate of drug-likeness (QED) is 0.283. The molecular weight excluding hydrogens is 530 g/mol. The van der Waals surface area contributed by atoms with E-state index in [9.17, 15) is 9.65 Å². The first-order valence-corrected chi connectivity index (χ1v) is 14.8. The van der Waals surface area contributed by atoms with Gasteiger partial charge in [0.25, 0.3) is 0 Å². The average Bonchev–Trinajstić information content (AvgIpc) is 3.66. The Labute approximate surface area is 236 Å². The molecule has 0 radical (unpaired) electrons. The molecule has 2 N–H and O–H groups in total. The summed E-state index contributed by atoms with van der Waals surface area (Å²) in [6.45, 7) is 6.52. The maximum atomic E-state index is 16.2. The van der Waals surface area contributed by atoms with Crippen LogP contribution in [0.4, 0.5) is 19.7 Å². The van der Waals surface area contributed by atoms with Crippen LogP contribution >= 0.6 is 11.3 Å². The van der Waals surface area contributed by atoms with Crippen molar-refractivity contribution in [2.75, 3.05) is 23.7 Å². The molecule has 7 nitrogen and oxygen atoms in total. The third kappa shape index (κ3) is 4.55. The highest BCUT2D eigenvalue weighted by Crippen LogP contribution is 2.45. The predicted molar refractivity (Wildman–Crippen MR) is 154 cm³/mol. The van der Waals surface area contributed by atoms with Gasteiger partial charge < -0.3 is 15.4 Å². The molecule has 1 aliphatic carbocycles. The fourth-order valence-corrected chi connectivity index (χ4v) is 6.92. The number of fused-ring (bicyclic) bond motifs is 4. The van der Waals surface area contributed by atoms with Crippen molar-refractivity contribution in [2.45, 2.75) is 65.6 Å². The van der Waals surface area contributed by atoms with Gasteiger partial charge in [-0.25, -0.2) is 18.7 Å². The van der Waals surface area contributed by atoms with E-state index in [2.05, 4.69) is 33.7 Å². The van der Waals surface area contributed by atoms with Crippen molar-refractivity contribution in [3.8, 4) is 17.3 Å². The number of rotatable bonds is 4. The second kappa shape index (κ2) is 10.9. The number of nitriles is 1. The highest BCUT2D eigenvalue weighted by Gasteiger charge is 2.30. The Hall–Kier alpha value is -3.42. The first-order chi connectivity index (χ1) is 19.4. The van der Waals surface area contributed by atoms with Gasteiger partial charge in [0.2, 0.25) is 5.95 Å². The summed E-state index contributed by atoms with van der Waals surface area (Å²) in [7, 11) is 0. The molecule has 3 aliphatic rings. The molecule has 5 heterocycles. The molecule has 3 aromatic heterocycles. The van der Waals surface area contributed by atoms with Crippen LogP contribution in [0.25, 0.3) is 32.2 Å². The standard InChI is InChI=1S/C23H18F2N6OS.C7H14/c1-10-2-3-31(7-10)23-29-5-12-13-8-32-9-14(13)16(18(25)19(12)30-23)20-17-11(4-26)22(27)33-21(17)15(24)6-28-20;1-2-4-7-5-3-6-7/h5-6,10H,2-3,7-9,27H2,1H3;7H,2-6H2,1H3. The molecule has 0 amide bonds. The normalized spacial score (nSPS) is 18.5. The van der Waals surface area contributed by atoms with Crippen LogP contribution in [0.2, 0.25) is 0 Å². The monoisotopic (exact) mass is 562 g/mol. The Kier molecular flexibility index (Phi) is 7.27. The number of thiophene rings is 1. The number of nitrogens with two attached hydrogens (primary N) is 1. The molecule has 1 aromatic carbocycles. The molecule has 4 aromatic rings. The third-order valence-corrected chi connectivity index (χ3v) is 9.39. The summed E-state index contributed by atoms with van der Waals surface area (Å²) in [5, 5.41) is 10.6. The second-order valence-corrected chi connectivity index (χ2v) is 12.2. The Morgan fingerprint density at radius 2 is 1.98 bits per heavy atom. The van der Waals surface area contributed by atoms with E-state index in [-0.39, 0.29) is 50.6 Å². The Morgan fingerprint density at radius 1 is 1.18 bits per heavy atom. The van der Waals surface area contributed by atoms with Crippen LogP contribution in [-0.2, 0) is 18.0 Å². The van der Waals surface area contributed by atoms with E-state index in [1.54, 1.807) is 6.20 Å². The minimum absolute atomic E-state index is 0.0959. The van der Waals surface area contributed by atoms with Crippen molar-refractivity contribution in [2.24, 2.45) is 11.8 Å². The summed E-state index contributed by atoms with van der Waals surface area (Å²) < 4.78 is 36.6. The van der Waals surface area contributed by atoms with E-state index in [0.717, 1.165) is 48.5 Å². The number of pyridine rings is 1. The number of halogens is 2. The number of ether oxygens (including phenoxy) is 1. The van der Waals surface area contributed by atoms with Gasteiger partial charge in [0, 0.05) is 35.6 Å². The molecule has 1 atom stereocenters. The molecule has 7 rings (SSSR count). The number of benzene rings is 1. The molecule has 0 spiro atoms. The number of nitrogens with zero attached hydrogens (tertiary/aromatic N) is 5. The number of hydrogen-bond donors (Lipinski definition) is 1. The first kappa shape index (κ1) is 26.8. The zero-order valence-electron chi connectivity index (χ0n) is 22.8. The summed E-state index contributed by atoms with van der Waals surface area (Å²) in [5.74, 6) is 0.937. The summed E-state index contributed by atoms with van der Waals surface area (Å²) in [6, 6.07) is 2.02. The van der Waals surface area contributed by atoms with Gasteiger partial charge in [-0.1, -0.05) is 46.0 Å². The Balaban J connectivity index is 0.000000363. The molecule has 1 unspecified atom stereocenters. The SMILES string of the molecule is CC1CCN(c2ncc3c4c(c(-c5ncc(F)c6sc(N)c(C#N)c56)c(F)c3n2)COC4)C1.CCCC1CCC1. The number of hydrogen-bond acceptors (Lipinski definition) is 8. The molecule has 0 bridgehead atoms. The summed E-state index contributed by atoms with van der Waals surface area (Å²) in [6.07, 6.45) is 11.1. The van der Waals surface area contributed by atoms with Gasteiger partial charge in [-0.05, 0) is 29.4 Å². The molecular formula is C30H32F2N6OS. The van der Waals surface area contributed by atoms with Crippen molar-refractivity contribution in [3.63, 3.8) is 0 Å². The van der Waals surface area contributed by atoms with Gasteiger partial charge in [0.1, 0.15) is 16.6 Å². The molecule has 208 valence electrons. The maximum Gasteiger partial charge on any atom is 0.225 e. The highest BCUT2D eigenvalue weighted by molar-refractivity contribution is 7.23. The van der Waals surface area contributed by atoms with Crippen LogP contribution in [0, 0.1) is 34.8 Å². The summed E-state index contributed by atoms with van der Waals surface area (Å²) >= 11 is 0.955. The predicted octanol–water partition coefficient (Wildman–Crippen LogP) is 7.10. The smallest absolute Gasteiger partial charge is 0.225 e. The van der Waals surface area contributed by atoms with Crippen LogP contribution in [-0.4, -0.2) is 28.0 Å². The second-order valence-electron chi connectivity index (χ2n) is 11.1. The number of anilines is 2. The van der Waals surface area contributed by atoms with Gasteiger partial charge >= 0.3 is 0 Å². The van der Waals surface area contributed by atoms with Crippen LogP contribution in [0.3, 0.4) is 0 Å². The average molecular weight is 563 g/mol. The lowest BCUT2D eigenvalue weighted by Gasteiger charge is -2.24. The van der Waals surface area contributed by atoms with Gasteiger partial charge in [-0.2, -0.15) is 5.26 Å². The minimum Gasteiger partial charge on any atom is -0.389 e. The summed E-state index contributed by atoms with van der Waals surface area (Å²) in [4.78, 5) is 15.4. The van der Waals surface area contributed by atoms with Crippen molar-refractivity contribution in [1.29, 1.82) is 5.26 Å². The first-order valence-electron chi connectivity index (χ1n) is 14.0. The zero-order chi connectivity index (χ0) is 28.0. The maximum absolute atomic E-state index is 16.2. The molecule has 10 heteroatoms. The molecule has 2 fully saturated rings. The topological polar surface area (TPSA) is 101 Å². The molecule has 1 saturated heterocycles. The third-order valence-electron chi connectivity index (χ3n) is 8.36. The van der Waals surface area contributed by atoms with E-state index < -0.39 is 11.6 Å². The van der Waals surface area contributed by atoms with Crippen LogP contribution in [0.5, 0.6) is 0 Å². The Bertz CT molecular complexity index is 1640. The van der Waals surface area contributed by atoms with Crippen molar-refractivity contribution >= 4 is 43.3 Å². The molecule has 2 aliphatic heterocycles.